The zero-order chi connectivity index (χ0) is 19.5. The van der Waals surface area contributed by atoms with Crippen LogP contribution in [0.3, 0.4) is 0 Å². The van der Waals surface area contributed by atoms with Crippen molar-refractivity contribution in [1.82, 2.24) is 24.5 Å². The number of nitrogens with zero attached hydrogens (tertiary/aromatic N) is 4. The molecular weight excluding hydrogens is 376 g/mol. The Morgan fingerprint density at radius 1 is 1.29 bits per heavy atom. The Labute approximate surface area is 166 Å². The zero-order valence-corrected chi connectivity index (χ0v) is 16.7. The van der Waals surface area contributed by atoms with Crippen LogP contribution in [0.1, 0.15) is 41.8 Å². The van der Waals surface area contributed by atoms with Crippen molar-refractivity contribution < 1.29 is 4.79 Å². The highest BCUT2D eigenvalue weighted by Crippen LogP contribution is 2.13. The van der Waals surface area contributed by atoms with E-state index in [0.29, 0.717) is 42.4 Å². The van der Waals surface area contributed by atoms with Gasteiger partial charge < -0.3 is 10.2 Å². The molecule has 3 aromatic heterocycles. The number of carbonyl (C=O) groups excluding carboxylic acids is 1. The number of likely N-dealkylation sites (tertiary alicyclic amines) is 1. The Balaban J connectivity index is 1.48. The molecule has 0 aromatic carbocycles. The van der Waals surface area contributed by atoms with Gasteiger partial charge in [-0.2, -0.15) is 9.50 Å². The summed E-state index contributed by atoms with van der Waals surface area (Å²) in [6.07, 6.45) is 4.05. The highest BCUT2D eigenvalue weighted by atomic mass is 32.1. The predicted molar refractivity (Wildman–Crippen MR) is 109 cm³/mol. The first-order valence-electron chi connectivity index (χ1n) is 9.64. The second kappa shape index (κ2) is 8.14. The molecule has 4 heterocycles. The van der Waals surface area contributed by atoms with E-state index in [4.69, 9.17) is 0 Å². The SMILES string of the molecule is Cc1nc2nc(NCc3cccs3)[nH]n2c(=O)c1CCC(=O)N1CCCCC1. The topological polar surface area (TPSA) is 95.4 Å². The van der Waals surface area contributed by atoms with Crippen molar-refractivity contribution in [2.45, 2.75) is 45.6 Å². The van der Waals surface area contributed by atoms with Crippen LogP contribution in [0.4, 0.5) is 5.95 Å². The fourth-order valence-corrected chi connectivity index (χ4v) is 4.18. The summed E-state index contributed by atoms with van der Waals surface area (Å²) < 4.78 is 1.35. The summed E-state index contributed by atoms with van der Waals surface area (Å²) in [6, 6.07) is 4.03. The molecule has 28 heavy (non-hydrogen) atoms. The maximum absolute atomic E-state index is 12.9. The Bertz CT molecular complexity index is 1020. The van der Waals surface area contributed by atoms with Gasteiger partial charge in [0.25, 0.3) is 11.3 Å². The average Bonchev–Trinajstić information content (AvgIpc) is 3.36. The third kappa shape index (κ3) is 3.94. The molecular formula is C19H24N6O2S. The normalized spacial score (nSPS) is 14.5. The van der Waals surface area contributed by atoms with Crippen molar-refractivity contribution in [3.8, 4) is 0 Å². The molecule has 1 amide bonds. The molecule has 0 aliphatic carbocycles. The van der Waals surface area contributed by atoms with Crippen molar-refractivity contribution >= 4 is 29.0 Å². The van der Waals surface area contributed by atoms with Gasteiger partial charge in [-0.1, -0.05) is 6.07 Å². The van der Waals surface area contributed by atoms with Gasteiger partial charge in [0, 0.05) is 30.0 Å². The van der Waals surface area contributed by atoms with Crippen LogP contribution in [-0.4, -0.2) is 43.5 Å². The second-order valence-corrected chi connectivity index (χ2v) is 8.10. The molecule has 8 nitrogen and oxygen atoms in total. The number of H-pyrrole nitrogens is 1. The summed E-state index contributed by atoms with van der Waals surface area (Å²) in [4.78, 5) is 37.2. The number of amides is 1. The van der Waals surface area contributed by atoms with E-state index in [0.717, 1.165) is 25.9 Å². The molecule has 0 radical (unpaired) electrons. The van der Waals surface area contributed by atoms with E-state index >= 15 is 0 Å². The van der Waals surface area contributed by atoms with Crippen LogP contribution in [0.2, 0.25) is 0 Å². The predicted octanol–water partition coefficient (Wildman–Crippen LogP) is 2.34. The number of aromatic amines is 1. The number of anilines is 1. The molecule has 0 bridgehead atoms. The number of nitrogens with one attached hydrogen (secondary N) is 2. The first kappa shape index (κ1) is 18.7. The maximum atomic E-state index is 12.9. The maximum Gasteiger partial charge on any atom is 0.277 e. The summed E-state index contributed by atoms with van der Waals surface area (Å²) in [5.74, 6) is 0.952. The smallest absolute Gasteiger partial charge is 0.277 e. The van der Waals surface area contributed by atoms with Crippen LogP contribution in [0.15, 0.2) is 22.3 Å². The average molecular weight is 401 g/mol. The lowest BCUT2D eigenvalue weighted by atomic mass is 10.1. The molecule has 0 unspecified atom stereocenters. The third-order valence-electron chi connectivity index (χ3n) is 5.10. The quantitative estimate of drug-likeness (QED) is 0.662. The highest BCUT2D eigenvalue weighted by molar-refractivity contribution is 7.09. The minimum atomic E-state index is -0.189. The molecule has 3 aromatic rings. The molecule has 1 saturated heterocycles. The van der Waals surface area contributed by atoms with Crippen molar-refractivity contribution in [2.24, 2.45) is 0 Å². The van der Waals surface area contributed by atoms with E-state index < -0.39 is 0 Å². The molecule has 4 rings (SSSR count). The minimum absolute atomic E-state index is 0.117. The summed E-state index contributed by atoms with van der Waals surface area (Å²) in [5, 5.41) is 8.17. The molecule has 1 aliphatic heterocycles. The van der Waals surface area contributed by atoms with Gasteiger partial charge in [0.1, 0.15) is 0 Å². The Morgan fingerprint density at radius 2 is 2.11 bits per heavy atom. The number of rotatable bonds is 6. The monoisotopic (exact) mass is 400 g/mol. The molecule has 1 fully saturated rings. The number of hydrogen-bond donors (Lipinski definition) is 2. The third-order valence-corrected chi connectivity index (χ3v) is 5.98. The number of thiophene rings is 1. The number of piperidine rings is 1. The summed E-state index contributed by atoms with van der Waals surface area (Å²) in [7, 11) is 0. The second-order valence-electron chi connectivity index (χ2n) is 7.06. The minimum Gasteiger partial charge on any atom is -0.350 e. The van der Waals surface area contributed by atoms with E-state index in [1.54, 1.807) is 18.3 Å². The number of carbonyl (C=O) groups is 1. The van der Waals surface area contributed by atoms with Gasteiger partial charge in [-0.05, 0) is 44.1 Å². The van der Waals surface area contributed by atoms with Gasteiger partial charge in [-0.15, -0.1) is 11.3 Å². The molecule has 2 N–H and O–H groups in total. The van der Waals surface area contributed by atoms with Crippen molar-refractivity contribution in [2.75, 3.05) is 18.4 Å². The fraction of sp³-hybridized carbons (Fsp3) is 0.474. The van der Waals surface area contributed by atoms with Crippen LogP contribution in [0, 0.1) is 6.92 Å². The Kier molecular flexibility index (Phi) is 5.43. The van der Waals surface area contributed by atoms with E-state index in [-0.39, 0.29) is 11.5 Å². The van der Waals surface area contributed by atoms with Gasteiger partial charge in [-0.3, -0.25) is 14.7 Å². The largest absolute Gasteiger partial charge is 0.350 e. The molecule has 9 heteroatoms. The highest BCUT2D eigenvalue weighted by Gasteiger charge is 2.19. The number of hydrogen-bond acceptors (Lipinski definition) is 6. The number of aromatic nitrogens is 4. The molecule has 148 valence electrons. The van der Waals surface area contributed by atoms with Gasteiger partial charge in [-0.25, -0.2) is 4.98 Å². The Hall–Kier alpha value is -2.68. The van der Waals surface area contributed by atoms with Gasteiger partial charge in [0.15, 0.2) is 0 Å². The van der Waals surface area contributed by atoms with Crippen molar-refractivity contribution in [3.05, 3.63) is 44.0 Å². The summed E-state index contributed by atoms with van der Waals surface area (Å²) in [6.45, 7) is 4.08. The summed E-state index contributed by atoms with van der Waals surface area (Å²) in [5.41, 5.74) is 1.01. The van der Waals surface area contributed by atoms with Gasteiger partial charge in [0.05, 0.1) is 12.2 Å². The van der Waals surface area contributed by atoms with Crippen LogP contribution in [0.25, 0.3) is 5.78 Å². The molecule has 0 atom stereocenters. The standard InChI is InChI=1S/C19H24N6O2S/c1-13-15(7-8-16(26)24-9-3-2-4-10-24)17(27)25-19(21-13)22-18(23-25)20-12-14-6-5-11-28-14/h5-6,11H,2-4,7-10,12H2,1H3,(H2,20,21,22,23). The number of aryl methyl sites for hydroxylation is 1. The Morgan fingerprint density at radius 3 is 2.86 bits per heavy atom. The molecule has 0 saturated carbocycles. The molecule has 0 spiro atoms. The fourth-order valence-electron chi connectivity index (χ4n) is 3.54. The van der Waals surface area contributed by atoms with E-state index in [2.05, 4.69) is 20.4 Å². The van der Waals surface area contributed by atoms with E-state index in [1.165, 1.54) is 15.8 Å². The van der Waals surface area contributed by atoms with Gasteiger partial charge in [0.2, 0.25) is 11.9 Å². The first-order valence-corrected chi connectivity index (χ1v) is 10.5. The van der Waals surface area contributed by atoms with Crippen LogP contribution >= 0.6 is 11.3 Å². The van der Waals surface area contributed by atoms with E-state index in [1.807, 2.05) is 22.4 Å². The van der Waals surface area contributed by atoms with Crippen LogP contribution < -0.4 is 10.9 Å². The lowest BCUT2D eigenvalue weighted by Gasteiger charge is -2.26. The first-order chi connectivity index (χ1) is 13.6. The van der Waals surface area contributed by atoms with Crippen LogP contribution in [-0.2, 0) is 17.8 Å². The van der Waals surface area contributed by atoms with Gasteiger partial charge >= 0.3 is 0 Å². The van der Waals surface area contributed by atoms with Crippen molar-refractivity contribution in [3.63, 3.8) is 0 Å². The van der Waals surface area contributed by atoms with E-state index in [9.17, 15) is 9.59 Å². The summed E-state index contributed by atoms with van der Waals surface area (Å²) >= 11 is 1.65. The number of fused-ring (bicyclic) bond motifs is 1. The van der Waals surface area contributed by atoms with Crippen molar-refractivity contribution in [1.29, 1.82) is 0 Å². The van der Waals surface area contributed by atoms with Crippen LogP contribution in [0.5, 0.6) is 0 Å². The molecule has 1 aliphatic rings. The zero-order valence-electron chi connectivity index (χ0n) is 15.9. The lowest BCUT2D eigenvalue weighted by molar-refractivity contribution is -0.132. The lowest BCUT2D eigenvalue weighted by Crippen LogP contribution is -2.36.